The fourth-order valence-corrected chi connectivity index (χ4v) is 3.66. The van der Waals surface area contributed by atoms with Crippen molar-refractivity contribution in [2.75, 3.05) is 0 Å². The van der Waals surface area contributed by atoms with Crippen LogP contribution in [-0.4, -0.2) is 44.0 Å². The van der Waals surface area contributed by atoms with Gasteiger partial charge in [0.1, 0.15) is 6.04 Å². The zero-order chi connectivity index (χ0) is 27.1. The Hall–Kier alpha value is -4.63. The van der Waals surface area contributed by atoms with E-state index >= 15 is 0 Å². The van der Waals surface area contributed by atoms with Crippen LogP contribution in [0.2, 0.25) is 0 Å². The maximum Gasteiger partial charge on any atom is 0.313 e. The summed E-state index contributed by atoms with van der Waals surface area (Å²) in [4.78, 5) is 48.8. The van der Waals surface area contributed by atoms with Crippen LogP contribution in [0.4, 0.5) is 0 Å². The van der Waals surface area contributed by atoms with Gasteiger partial charge in [0, 0.05) is 24.4 Å². The van der Waals surface area contributed by atoms with Gasteiger partial charge in [-0.2, -0.15) is 5.10 Å². The van der Waals surface area contributed by atoms with E-state index in [1.165, 1.54) is 4.68 Å². The minimum absolute atomic E-state index is 0.115. The lowest BCUT2D eigenvalue weighted by atomic mass is 10.0. The van der Waals surface area contributed by atoms with E-state index in [0.717, 1.165) is 16.8 Å². The second-order valence-corrected chi connectivity index (χ2v) is 9.61. The minimum Gasteiger partial charge on any atom is -0.341 e. The van der Waals surface area contributed by atoms with E-state index in [4.69, 9.17) is 4.84 Å². The van der Waals surface area contributed by atoms with E-state index in [1.807, 2.05) is 66.7 Å². The van der Waals surface area contributed by atoms with E-state index in [2.05, 4.69) is 20.9 Å². The number of benzene rings is 2. The van der Waals surface area contributed by atoms with Gasteiger partial charge in [-0.05, 0) is 44.5 Å². The van der Waals surface area contributed by atoms with Crippen LogP contribution in [0.5, 0.6) is 0 Å². The molecule has 2 heterocycles. The highest BCUT2D eigenvalue weighted by atomic mass is 16.7. The molecule has 4 aromatic rings. The lowest BCUT2D eigenvalue weighted by Gasteiger charge is -2.21. The molecule has 38 heavy (non-hydrogen) atoms. The van der Waals surface area contributed by atoms with Gasteiger partial charge in [0.15, 0.2) is 5.82 Å². The van der Waals surface area contributed by atoms with Crippen molar-refractivity contribution in [2.24, 2.45) is 0 Å². The van der Waals surface area contributed by atoms with Crippen molar-refractivity contribution in [3.8, 4) is 17.1 Å². The van der Waals surface area contributed by atoms with Crippen molar-refractivity contribution in [2.45, 2.75) is 38.8 Å². The molecule has 0 aliphatic heterocycles. The number of hydrogen-bond acceptors (Lipinski definition) is 6. The normalized spacial score (nSPS) is 12.0. The molecule has 0 aliphatic rings. The first-order valence-corrected chi connectivity index (χ1v) is 12.1. The van der Waals surface area contributed by atoms with Gasteiger partial charge in [0.05, 0.1) is 16.9 Å². The van der Waals surface area contributed by atoms with Crippen molar-refractivity contribution < 1.29 is 19.2 Å². The van der Waals surface area contributed by atoms with E-state index in [0.29, 0.717) is 5.82 Å². The van der Waals surface area contributed by atoms with Gasteiger partial charge in [-0.1, -0.05) is 60.7 Å². The van der Waals surface area contributed by atoms with Gasteiger partial charge in [0.2, 0.25) is 5.78 Å². The number of hydroxylamine groups is 1. The molecule has 4 rings (SSSR count). The van der Waals surface area contributed by atoms with Crippen LogP contribution in [-0.2, 0) is 20.8 Å². The molecule has 2 aromatic heterocycles. The first-order valence-electron chi connectivity index (χ1n) is 12.1. The minimum atomic E-state index is -1.14. The lowest BCUT2D eigenvalue weighted by molar-refractivity contribution is -0.154. The van der Waals surface area contributed by atoms with Crippen LogP contribution in [0.15, 0.2) is 91.3 Å². The van der Waals surface area contributed by atoms with Crippen LogP contribution in [0.25, 0.3) is 17.1 Å². The number of hydrogen-bond donors (Lipinski definition) is 2. The molecular weight excluding hydrogens is 482 g/mol. The Morgan fingerprint density at radius 1 is 0.921 bits per heavy atom. The summed E-state index contributed by atoms with van der Waals surface area (Å²) in [7, 11) is 0. The van der Waals surface area contributed by atoms with Gasteiger partial charge in [-0.3, -0.25) is 19.2 Å². The number of ketones is 1. The third-order valence-electron chi connectivity index (χ3n) is 5.49. The standard InChI is InChI=1S/C29H29N5O4/c1-29(2,3)38-33-28(37)25(35)24(19-20-11-6-4-7-12-20)31-27(36)22-15-10-17-30-26(22)34-18-16-23(32-34)21-13-8-5-9-14-21/h4-18,24H,19H2,1-3H3,(H,31,36)(H,33,37). The predicted molar refractivity (Wildman–Crippen MR) is 142 cm³/mol. The predicted octanol–water partition coefficient (Wildman–Crippen LogP) is 3.69. The number of rotatable bonds is 9. The van der Waals surface area contributed by atoms with Crippen molar-refractivity contribution >= 4 is 17.6 Å². The Kier molecular flexibility index (Phi) is 8.08. The third-order valence-corrected chi connectivity index (χ3v) is 5.49. The average Bonchev–Trinajstić information content (AvgIpc) is 3.42. The highest BCUT2D eigenvalue weighted by molar-refractivity contribution is 6.38. The molecule has 0 bridgehead atoms. The SMILES string of the molecule is CC(C)(C)ONC(=O)C(=O)C(Cc1ccccc1)NC(=O)c1cccnc1-n1ccc(-c2ccccc2)n1. The number of carbonyl (C=O) groups excluding carboxylic acids is 3. The molecule has 1 unspecified atom stereocenters. The molecule has 0 fully saturated rings. The van der Waals surface area contributed by atoms with Gasteiger partial charge in [0.25, 0.3) is 5.91 Å². The zero-order valence-electron chi connectivity index (χ0n) is 21.4. The Morgan fingerprint density at radius 3 is 2.29 bits per heavy atom. The molecule has 9 nitrogen and oxygen atoms in total. The van der Waals surface area contributed by atoms with Crippen LogP contribution < -0.4 is 10.8 Å². The van der Waals surface area contributed by atoms with Gasteiger partial charge in [-0.15, -0.1) is 0 Å². The van der Waals surface area contributed by atoms with Crippen molar-refractivity contribution in [3.63, 3.8) is 0 Å². The van der Waals surface area contributed by atoms with Gasteiger partial charge >= 0.3 is 5.91 Å². The third kappa shape index (κ3) is 6.77. The second-order valence-electron chi connectivity index (χ2n) is 9.61. The van der Waals surface area contributed by atoms with Gasteiger partial charge in [-0.25, -0.2) is 15.1 Å². The second kappa shape index (κ2) is 11.6. The van der Waals surface area contributed by atoms with E-state index in [1.54, 1.807) is 45.3 Å². The van der Waals surface area contributed by atoms with Crippen molar-refractivity contribution in [3.05, 3.63) is 102 Å². The summed E-state index contributed by atoms with van der Waals surface area (Å²) in [6.45, 7) is 5.22. The number of Topliss-reactive ketones (excluding diaryl/α,β-unsaturated/α-hetero) is 1. The smallest absolute Gasteiger partial charge is 0.313 e. The first-order chi connectivity index (χ1) is 18.2. The molecule has 9 heteroatoms. The van der Waals surface area contributed by atoms with Crippen molar-refractivity contribution in [1.29, 1.82) is 0 Å². The molecular formula is C29H29N5O4. The Balaban J connectivity index is 1.59. The molecule has 1 atom stereocenters. The largest absolute Gasteiger partial charge is 0.341 e. The number of nitrogens with one attached hydrogen (secondary N) is 2. The molecule has 0 saturated heterocycles. The van der Waals surface area contributed by atoms with E-state index in [9.17, 15) is 14.4 Å². The molecule has 194 valence electrons. The summed E-state index contributed by atoms with van der Waals surface area (Å²) < 4.78 is 1.51. The maximum absolute atomic E-state index is 13.5. The topological polar surface area (TPSA) is 115 Å². The number of nitrogens with zero attached hydrogens (tertiary/aromatic N) is 3. The van der Waals surface area contributed by atoms with Crippen LogP contribution in [0, 0.1) is 0 Å². The zero-order valence-corrected chi connectivity index (χ0v) is 21.4. The Morgan fingerprint density at radius 2 is 1.61 bits per heavy atom. The fraction of sp³-hybridized carbons (Fsp3) is 0.207. The summed E-state index contributed by atoms with van der Waals surface area (Å²) in [6.07, 6.45) is 3.38. The first kappa shape index (κ1) is 26.4. The lowest BCUT2D eigenvalue weighted by Crippen LogP contribution is -2.49. The molecule has 2 amide bonds. The summed E-state index contributed by atoms with van der Waals surface area (Å²) >= 11 is 0. The molecule has 0 radical (unpaired) electrons. The highest BCUT2D eigenvalue weighted by Gasteiger charge is 2.30. The van der Waals surface area contributed by atoms with Gasteiger partial charge < -0.3 is 5.32 Å². The average molecular weight is 512 g/mol. The van der Waals surface area contributed by atoms with Crippen molar-refractivity contribution in [1.82, 2.24) is 25.6 Å². The summed E-state index contributed by atoms with van der Waals surface area (Å²) in [5.74, 6) is -2.06. The molecule has 0 aliphatic carbocycles. The van der Waals surface area contributed by atoms with Crippen LogP contribution in [0.3, 0.4) is 0 Å². The number of carbonyl (C=O) groups is 3. The summed E-state index contributed by atoms with van der Waals surface area (Å²) in [6, 6.07) is 22.7. The van der Waals surface area contributed by atoms with E-state index < -0.39 is 29.2 Å². The number of aromatic nitrogens is 3. The van der Waals surface area contributed by atoms with Crippen LogP contribution in [0.1, 0.15) is 36.7 Å². The summed E-state index contributed by atoms with van der Waals surface area (Å²) in [5.41, 5.74) is 4.12. The number of amides is 2. The Bertz CT molecular complexity index is 1410. The summed E-state index contributed by atoms with van der Waals surface area (Å²) in [5, 5.41) is 7.30. The molecule has 2 N–H and O–H groups in total. The fourth-order valence-electron chi connectivity index (χ4n) is 3.66. The monoisotopic (exact) mass is 511 g/mol. The number of pyridine rings is 1. The Labute approximate surface area is 220 Å². The highest BCUT2D eigenvalue weighted by Crippen LogP contribution is 2.19. The molecule has 0 spiro atoms. The molecule has 0 saturated carbocycles. The molecule has 2 aromatic carbocycles. The van der Waals surface area contributed by atoms with E-state index in [-0.39, 0.29) is 12.0 Å². The maximum atomic E-state index is 13.5. The van der Waals surface area contributed by atoms with Crippen LogP contribution >= 0.6 is 0 Å². The quantitative estimate of drug-likeness (QED) is 0.262.